The number of aromatic nitrogens is 1. The van der Waals surface area contributed by atoms with Gasteiger partial charge in [0.2, 0.25) is 15.9 Å². The number of nitrogens with zero attached hydrogens (tertiary/aromatic N) is 3. The third kappa shape index (κ3) is 4.20. The average molecular weight is 402 g/mol. The largest absolute Gasteiger partial charge is 0.348 e. The predicted molar refractivity (Wildman–Crippen MR) is 104 cm³/mol. The van der Waals surface area contributed by atoms with E-state index in [0.29, 0.717) is 18.5 Å². The molecule has 2 heterocycles. The van der Waals surface area contributed by atoms with Crippen molar-refractivity contribution < 1.29 is 18.0 Å². The van der Waals surface area contributed by atoms with E-state index in [1.807, 2.05) is 6.07 Å². The molecule has 0 radical (unpaired) electrons. The van der Waals surface area contributed by atoms with Crippen molar-refractivity contribution in [3.63, 3.8) is 0 Å². The van der Waals surface area contributed by atoms with E-state index in [0.717, 1.165) is 22.0 Å². The van der Waals surface area contributed by atoms with Crippen LogP contribution in [-0.4, -0.2) is 50.2 Å². The highest BCUT2D eigenvalue weighted by Crippen LogP contribution is 2.21. The fourth-order valence-electron chi connectivity index (χ4n) is 2.91. The van der Waals surface area contributed by atoms with E-state index in [1.54, 1.807) is 17.3 Å². The Balaban J connectivity index is 1.65. The molecule has 1 saturated heterocycles. The van der Waals surface area contributed by atoms with Gasteiger partial charge in [-0.3, -0.25) is 14.6 Å². The second-order valence-corrected chi connectivity index (χ2v) is 8.85. The number of hydrogen-bond donors (Lipinski definition) is 1. The first-order valence-electron chi connectivity index (χ1n) is 8.84. The summed E-state index contributed by atoms with van der Waals surface area (Å²) in [4.78, 5) is 30.2. The summed E-state index contributed by atoms with van der Waals surface area (Å²) in [7, 11) is -0.627. The van der Waals surface area contributed by atoms with Crippen LogP contribution in [0.5, 0.6) is 0 Å². The van der Waals surface area contributed by atoms with Gasteiger partial charge in [-0.1, -0.05) is 0 Å². The molecule has 0 saturated carbocycles. The summed E-state index contributed by atoms with van der Waals surface area (Å²) >= 11 is 0. The van der Waals surface area contributed by atoms with Crippen molar-refractivity contribution in [1.29, 1.82) is 0 Å². The minimum atomic E-state index is -3.53. The standard InChI is InChI=1S/C19H22N4O4S/c1-22(2)28(26,27)17-7-5-15(6-8-17)19(25)21-12-14-10-16(13-20-11-14)23-9-3-4-18(23)24/h5-8,10-11,13H,3-4,9,12H2,1-2H3,(H,21,25). The molecule has 3 rings (SSSR count). The van der Waals surface area contributed by atoms with E-state index in [1.165, 1.54) is 38.4 Å². The maximum atomic E-state index is 12.4. The number of pyridine rings is 1. The lowest BCUT2D eigenvalue weighted by atomic mass is 10.2. The lowest BCUT2D eigenvalue weighted by Crippen LogP contribution is -2.25. The summed E-state index contributed by atoms with van der Waals surface area (Å²) in [6.45, 7) is 0.929. The third-order valence-corrected chi connectivity index (χ3v) is 6.34. The third-order valence-electron chi connectivity index (χ3n) is 4.51. The van der Waals surface area contributed by atoms with Crippen LogP contribution < -0.4 is 10.2 Å². The molecule has 0 unspecified atom stereocenters. The Bertz CT molecular complexity index is 987. The zero-order valence-corrected chi connectivity index (χ0v) is 16.6. The molecule has 1 aliphatic rings. The van der Waals surface area contributed by atoms with E-state index in [4.69, 9.17) is 0 Å². The summed E-state index contributed by atoms with van der Waals surface area (Å²) < 4.78 is 25.3. The van der Waals surface area contributed by atoms with Crippen LogP contribution >= 0.6 is 0 Å². The number of carbonyl (C=O) groups excluding carboxylic acids is 2. The first-order chi connectivity index (χ1) is 13.3. The second kappa shape index (κ2) is 8.07. The highest BCUT2D eigenvalue weighted by atomic mass is 32.2. The number of anilines is 1. The van der Waals surface area contributed by atoms with Gasteiger partial charge in [0.15, 0.2) is 0 Å². The molecule has 9 heteroatoms. The molecule has 0 aliphatic carbocycles. The Hall–Kier alpha value is -2.78. The molecule has 8 nitrogen and oxygen atoms in total. The number of hydrogen-bond acceptors (Lipinski definition) is 5. The number of benzene rings is 1. The smallest absolute Gasteiger partial charge is 0.251 e. The van der Waals surface area contributed by atoms with Crippen molar-refractivity contribution in [1.82, 2.24) is 14.6 Å². The van der Waals surface area contributed by atoms with Crippen molar-refractivity contribution >= 4 is 27.5 Å². The Morgan fingerprint density at radius 3 is 2.54 bits per heavy atom. The van der Waals surface area contributed by atoms with Crippen LogP contribution in [0.25, 0.3) is 0 Å². The second-order valence-electron chi connectivity index (χ2n) is 6.69. The fraction of sp³-hybridized carbons (Fsp3) is 0.316. The molecule has 2 amide bonds. The SMILES string of the molecule is CN(C)S(=O)(=O)c1ccc(C(=O)NCc2cncc(N3CCCC3=O)c2)cc1. The van der Waals surface area contributed by atoms with E-state index in [-0.39, 0.29) is 23.3 Å². The lowest BCUT2D eigenvalue weighted by Gasteiger charge is -2.16. The molecular formula is C19H22N4O4S. The number of amides is 2. The molecular weight excluding hydrogens is 380 g/mol. The Morgan fingerprint density at radius 2 is 1.93 bits per heavy atom. The van der Waals surface area contributed by atoms with Crippen molar-refractivity contribution in [3.05, 3.63) is 53.9 Å². The molecule has 1 aromatic heterocycles. The van der Waals surface area contributed by atoms with Crippen molar-refractivity contribution in [2.24, 2.45) is 0 Å². The minimum absolute atomic E-state index is 0.0794. The molecule has 0 bridgehead atoms. The summed E-state index contributed by atoms with van der Waals surface area (Å²) in [6, 6.07) is 7.60. The van der Waals surface area contributed by atoms with E-state index < -0.39 is 10.0 Å². The van der Waals surface area contributed by atoms with Gasteiger partial charge in [0.25, 0.3) is 5.91 Å². The van der Waals surface area contributed by atoms with Gasteiger partial charge in [0, 0.05) is 45.4 Å². The lowest BCUT2D eigenvalue weighted by molar-refractivity contribution is -0.117. The number of rotatable bonds is 6. The first-order valence-corrected chi connectivity index (χ1v) is 10.3. The van der Waals surface area contributed by atoms with E-state index in [9.17, 15) is 18.0 Å². The highest BCUT2D eigenvalue weighted by Gasteiger charge is 2.22. The topological polar surface area (TPSA) is 99.7 Å². The van der Waals surface area contributed by atoms with Crippen LogP contribution in [0.1, 0.15) is 28.8 Å². The highest BCUT2D eigenvalue weighted by molar-refractivity contribution is 7.89. The van der Waals surface area contributed by atoms with Crippen LogP contribution in [0.3, 0.4) is 0 Å². The summed E-state index contributed by atoms with van der Waals surface area (Å²) in [5, 5.41) is 2.78. The van der Waals surface area contributed by atoms with Gasteiger partial charge < -0.3 is 10.2 Å². The normalized spacial score (nSPS) is 14.5. The first kappa shape index (κ1) is 20.0. The Labute approximate surface area is 164 Å². The van der Waals surface area contributed by atoms with Crippen LogP contribution in [0.15, 0.2) is 47.6 Å². The van der Waals surface area contributed by atoms with Gasteiger partial charge in [-0.2, -0.15) is 0 Å². The zero-order chi connectivity index (χ0) is 20.3. The molecule has 28 heavy (non-hydrogen) atoms. The maximum Gasteiger partial charge on any atom is 0.251 e. The maximum absolute atomic E-state index is 12.4. The Morgan fingerprint density at radius 1 is 1.21 bits per heavy atom. The number of nitrogens with one attached hydrogen (secondary N) is 1. The number of carbonyl (C=O) groups is 2. The van der Waals surface area contributed by atoms with Crippen molar-refractivity contribution in [3.8, 4) is 0 Å². The van der Waals surface area contributed by atoms with Gasteiger partial charge in [-0.25, -0.2) is 12.7 Å². The van der Waals surface area contributed by atoms with E-state index in [2.05, 4.69) is 10.3 Å². The average Bonchev–Trinajstić information content (AvgIpc) is 3.12. The van der Waals surface area contributed by atoms with Gasteiger partial charge in [-0.05, 0) is 42.3 Å². The van der Waals surface area contributed by atoms with Gasteiger partial charge in [0.05, 0.1) is 16.8 Å². The van der Waals surface area contributed by atoms with Crippen molar-refractivity contribution in [2.45, 2.75) is 24.3 Å². The molecule has 148 valence electrons. The Kier molecular flexibility index (Phi) is 5.76. The van der Waals surface area contributed by atoms with Crippen molar-refractivity contribution in [2.75, 3.05) is 25.5 Å². The molecule has 0 spiro atoms. The molecule has 2 aromatic rings. The van der Waals surface area contributed by atoms with Crippen LogP contribution in [0.2, 0.25) is 0 Å². The minimum Gasteiger partial charge on any atom is -0.348 e. The van der Waals surface area contributed by atoms with E-state index >= 15 is 0 Å². The molecule has 1 aromatic carbocycles. The molecule has 1 aliphatic heterocycles. The summed E-state index contributed by atoms with van der Waals surface area (Å²) in [5.74, 6) is -0.243. The van der Waals surface area contributed by atoms with Crippen LogP contribution in [0.4, 0.5) is 5.69 Å². The van der Waals surface area contributed by atoms with Gasteiger partial charge in [-0.15, -0.1) is 0 Å². The quantitative estimate of drug-likeness (QED) is 0.787. The zero-order valence-electron chi connectivity index (χ0n) is 15.8. The van der Waals surface area contributed by atoms with Crippen LogP contribution in [0, 0.1) is 0 Å². The van der Waals surface area contributed by atoms with Gasteiger partial charge >= 0.3 is 0 Å². The number of sulfonamides is 1. The van der Waals surface area contributed by atoms with Crippen LogP contribution in [-0.2, 0) is 21.4 Å². The summed E-state index contributed by atoms with van der Waals surface area (Å²) in [6.07, 6.45) is 4.65. The summed E-state index contributed by atoms with van der Waals surface area (Å²) in [5.41, 5.74) is 1.86. The fourth-order valence-corrected chi connectivity index (χ4v) is 3.81. The molecule has 0 atom stereocenters. The molecule has 1 N–H and O–H groups in total. The van der Waals surface area contributed by atoms with Gasteiger partial charge in [0.1, 0.15) is 0 Å². The predicted octanol–water partition coefficient (Wildman–Crippen LogP) is 1.39. The molecule has 1 fully saturated rings. The monoisotopic (exact) mass is 402 g/mol.